The summed E-state index contributed by atoms with van der Waals surface area (Å²) in [7, 11) is 0. The number of piperidine rings is 1. The van der Waals surface area contributed by atoms with Gasteiger partial charge in [-0.1, -0.05) is 30.7 Å². The molecule has 2 aromatic carbocycles. The van der Waals surface area contributed by atoms with E-state index >= 15 is 0 Å². The van der Waals surface area contributed by atoms with Gasteiger partial charge in [0.25, 0.3) is 11.8 Å². The van der Waals surface area contributed by atoms with E-state index in [9.17, 15) is 9.59 Å². The van der Waals surface area contributed by atoms with Gasteiger partial charge in [0.05, 0.1) is 5.57 Å². The zero-order valence-corrected chi connectivity index (χ0v) is 21.1. The number of hydrogen-bond donors (Lipinski definition) is 2. The number of fused-ring (bicyclic) bond motifs is 1. The third-order valence-electron chi connectivity index (χ3n) is 6.77. The van der Waals surface area contributed by atoms with Gasteiger partial charge >= 0.3 is 0 Å². The molecule has 0 radical (unpaired) electrons. The van der Waals surface area contributed by atoms with Gasteiger partial charge in [0.15, 0.2) is 0 Å². The number of likely N-dealkylation sites (tertiary alicyclic amines) is 1. The number of halogens is 1. The predicted molar refractivity (Wildman–Crippen MR) is 144 cm³/mol. The standard InChI is InChI=1S/C29H30ClN3O3/c1-19-5-3-13-33(18-19)14-4-12-31-28(34)21-7-2-6-20(15-21)27-11-9-23(36-27)17-25-24-16-22(30)8-10-26(24)32-29(25)35/h2,6-11,15-17,19H,3-5,12-14,18H2,1H3,(H,31,34)(H,32,35)/b25-17+. The fourth-order valence-electron chi connectivity index (χ4n) is 4.94. The van der Waals surface area contributed by atoms with E-state index in [-0.39, 0.29) is 11.8 Å². The van der Waals surface area contributed by atoms with Gasteiger partial charge in [-0.05, 0) is 86.8 Å². The van der Waals surface area contributed by atoms with Crippen LogP contribution in [0.2, 0.25) is 5.02 Å². The van der Waals surface area contributed by atoms with Crippen molar-refractivity contribution in [3.63, 3.8) is 0 Å². The second-order valence-electron chi connectivity index (χ2n) is 9.64. The Morgan fingerprint density at radius 2 is 2.11 bits per heavy atom. The van der Waals surface area contributed by atoms with Crippen molar-refractivity contribution in [2.45, 2.75) is 26.2 Å². The molecule has 2 N–H and O–H groups in total. The fraction of sp³-hybridized carbons (Fsp3) is 0.310. The van der Waals surface area contributed by atoms with Crippen molar-refractivity contribution in [2.75, 3.05) is 31.5 Å². The maximum Gasteiger partial charge on any atom is 0.256 e. The van der Waals surface area contributed by atoms with E-state index in [2.05, 4.69) is 22.5 Å². The highest BCUT2D eigenvalue weighted by molar-refractivity contribution is 6.36. The Morgan fingerprint density at radius 3 is 2.97 bits per heavy atom. The van der Waals surface area contributed by atoms with Gasteiger partial charge < -0.3 is 20.0 Å². The third-order valence-corrected chi connectivity index (χ3v) is 7.00. The lowest BCUT2D eigenvalue weighted by atomic mass is 10.0. The van der Waals surface area contributed by atoms with Crippen LogP contribution in [-0.2, 0) is 4.79 Å². The highest BCUT2D eigenvalue weighted by Gasteiger charge is 2.24. The molecular formula is C29H30ClN3O3. The molecule has 3 heterocycles. The second-order valence-corrected chi connectivity index (χ2v) is 10.1. The molecule has 6 nitrogen and oxygen atoms in total. The molecule has 2 aliphatic heterocycles. The van der Waals surface area contributed by atoms with E-state index in [1.54, 1.807) is 30.3 Å². The molecule has 1 aromatic heterocycles. The Labute approximate surface area is 216 Å². The van der Waals surface area contributed by atoms with Crippen molar-refractivity contribution < 1.29 is 14.0 Å². The van der Waals surface area contributed by atoms with Gasteiger partial charge in [0, 0.05) is 40.5 Å². The molecule has 0 aliphatic carbocycles. The molecule has 7 heteroatoms. The van der Waals surface area contributed by atoms with Crippen LogP contribution in [0.5, 0.6) is 0 Å². The van der Waals surface area contributed by atoms with E-state index in [1.807, 2.05) is 30.3 Å². The number of benzene rings is 2. The maximum absolute atomic E-state index is 12.7. The zero-order chi connectivity index (χ0) is 25.1. The Morgan fingerprint density at radius 1 is 1.22 bits per heavy atom. The molecule has 0 saturated carbocycles. The molecular weight excluding hydrogens is 474 g/mol. The molecule has 1 fully saturated rings. The number of rotatable bonds is 7. The van der Waals surface area contributed by atoms with Crippen LogP contribution in [0, 0.1) is 5.92 Å². The van der Waals surface area contributed by atoms with E-state index < -0.39 is 0 Å². The van der Waals surface area contributed by atoms with Crippen LogP contribution >= 0.6 is 11.6 Å². The predicted octanol–water partition coefficient (Wildman–Crippen LogP) is 5.94. The molecule has 1 saturated heterocycles. The van der Waals surface area contributed by atoms with Crippen molar-refractivity contribution in [1.82, 2.24) is 10.2 Å². The molecule has 0 spiro atoms. The molecule has 186 valence electrons. The number of carbonyl (C=O) groups is 2. The van der Waals surface area contributed by atoms with Crippen molar-refractivity contribution in [1.29, 1.82) is 0 Å². The molecule has 5 rings (SSSR count). The van der Waals surface area contributed by atoms with Crippen LogP contribution in [0.25, 0.3) is 23.0 Å². The Hall–Kier alpha value is -3.35. The van der Waals surface area contributed by atoms with Gasteiger partial charge in [0.2, 0.25) is 0 Å². The van der Waals surface area contributed by atoms with Crippen molar-refractivity contribution >= 4 is 40.8 Å². The Balaban J connectivity index is 1.22. The van der Waals surface area contributed by atoms with Crippen LogP contribution in [-0.4, -0.2) is 42.9 Å². The molecule has 1 unspecified atom stereocenters. The summed E-state index contributed by atoms with van der Waals surface area (Å²) in [5.41, 5.74) is 3.37. The number of hydrogen-bond acceptors (Lipinski definition) is 4. The number of carbonyl (C=O) groups excluding carboxylic acids is 2. The lowest BCUT2D eigenvalue weighted by Gasteiger charge is -2.30. The van der Waals surface area contributed by atoms with E-state index in [0.717, 1.165) is 48.8 Å². The van der Waals surface area contributed by atoms with Crippen LogP contribution in [0.1, 0.15) is 47.9 Å². The molecule has 3 aromatic rings. The average Bonchev–Trinajstić information content (AvgIpc) is 3.46. The van der Waals surface area contributed by atoms with Gasteiger partial charge in [0.1, 0.15) is 11.5 Å². The zero-order valence-electron chi connectivity index (χ0n) is 20.4. The largest absolute Gasteiger partial charge is 0.457 e. The van der Waals surface area contributed by atoms with Gasteiger partial charge in [-0.3, -0.25) is 9.59 Å². The topological polar surface area (TPSA) is 74.6 Å². The molecule has 1 atom stereocenters. The summed E-state index contributed by atoms with van der Waals surface area (Å²) in [4.78, 5) is 27.7. The molecule has 2 aliphatic rings. The van der Waals surface area contributed by atoms with E-state index in [4.69, 9.17) is 16.0 Å². The summed E-state index contributed by atoms with van der Waals surface area (Å²) in [6.07, 6.45) is 5.23. The first kappa shape index (κ1) is 24.3. The van der Waals surface area contributed by atoms with Crippen molar-refractivity contribution in [3.8, 4) is 11.3 Å². The van der Waals surface area contributed by atoms with Gasteiger partial charge in [-0.2, -0.15) is 0 Å². The van der Waals surface area contributed by atoms with Gasteiger partial charge in [-0.15, -0.1) is 0 Å². The number of anilines is 1. The van der Waals surface area contributed by atoms with Crippen LogP contribution in [0.15, 0.2) is 59.0 Å². The Bertz CT molecular complexity index is 1310. The van der Waals surface area contributed by atoms with E-state index in [0.29, 0.717) is 34.2 Å². The summed E-state index contributed by atoms with van der Waals surface area (Å²) in [6, 6.07) is 16.3. The number of amides is 2. The number of nitrogens with zero attached hydrogens (tertiary/aromatic N) is 1. The monoisotopic (exact) mass is 503 g/mol. The first-order chi connectivity index (χ1) is 17.5. The quantitative estimate of drug-likeness (QED) is 0.309. The first-order valence-corrected chi connectivity index (χ1v) is 12.9. The first-order valence-electron chi connectivity index (χ1n) is 12.5. The van der Waals surface area contributed by atoms with Crippen molar-refractivity contribution in [2.24, 2.45) is 5.92 Å². The summed E-state index contributed by atoms with van der Waals surface area (Å²) in [5, 5.41) is 6.44. The highest BCUT2D eigenvalue weighted by Crippen LogP contribution is 2.35. The summed E-state index contributed by atoms with van der Waals surface area (Å²) < 4.78 is 6.01. The highest BCUT2D eigenvalue weighted by atomic mass is 35.5. The SMILES string of the molecule is CC1CCCN(CCCNC(=O)c2cccc(-c3ccc(/C=C4/C(=O)Nc5ccc(Cl)cc54)o3)c2)C1. The number of nitrogens with one attached hydrogen (secondary N) is 2. The number of furan rings is 1. The minimum Gasteiger partial charge on any atom is -0.457 e. The minimum atomic E-state index is -0.196. The summed E-state index contributed by atoms with van der Waals surface area (Å²) in [6.45, 7) is 6.29. The minimum absolute atomic E-state index is 0.0890. The van der Waals surface area contributed by atoms with Crippen LogP contribution in [0.4, 0.5) is 5.69 Å². The van der Waals surface area contributed by atoms with Crippen molar-refractivity contribution in [3.05, 3.63) is 76.5 Å². The normalized spacial score (nSPS) is 18.8. The Kier molecular flexibility index (Phi) is 7.25. The molecule has 0 bridgehead atoms. The third kappa shape index (κ3) is 5.55. The molecule has 36 heavy (non-hydrogen) atoms. The summed E-state index contributed by atoms with van der Waals surface area (Å²) in [5.74, 6) is 1.65. The smallest absolute Gasteiger partial charge is 0.256 e. The second kappa shape index (κ2) is 10.7. The maximum atomic E-state index is 12.7. The molecule has 2 amide bonds. The van der Waals surface area contributed by atoms with E-state index in [1.165, 1.54) is 12.8 Å². The lowest BCUT2D eigenvalue weighted by molar-refractivity contribution is -0.110. The fourth-order valence-corrected chi connectivity index (χ4v) is 5.11. The van der Waals surface area contributed by atoms with Crippen LogP contribution in [0.3, 0.4) is 0 Å². The van der Waals surface area contributed by atoms with Crippen LogP contribution < -0.4 is 10.6 Å². The average molecular weight is 504 g/mol. The van der Waals surface area contributed by atoms with Gasteiger partial charge in [-0.25, -0.2) is 0 Å². The summed E-state index contributed by atoms with van der Waals surface area (Å²) >= 11 is 6.12. The lowest BCUT2D eigenvalue weighted by Crippen LogP contribution is -2.36.